The predicted octanol–water partition coefficient (Wildman–Crippen LogP) is -0.130. The van der Waals surface area contributed by atoms with Crippen molar-refractivity contribution in [3.63, 3.8) is 0 Å². The van der Waals surface area contributed by atoms with Crippen LogP contribution in [0.15, 0.2) is 18.2 Å². The first-order valence-electron chi connectivity index (χ1n) is 4.57. The van der Waals surface area contributed by atoms with E-state index in [0.717, 1.165) is 4.31 Å². The van der Waals surface area contributed by atoms with Gasteiger partial charge in [-0.15, -0.1) is 0 Å². The molecule has 0 amide bonds. The summed E-state index contributed by atoms with van der Waals surface area (Å²) in [6.45, 7) is -0.00259. The molecule has 1 aromatic carbocycles. The third-order valence-corrected chi connectivity index (χ3v) is 3.50. The Morgan fingerprint density at radius 2 is 2.06 bits per heavy atom. The molecule has 0 unspecified atom stereocenters. The zero-order valence-corrected chi connectivity index (χ0v) is 9.95. The first-order chi connectivity index (χ1) is 7.33. The van der Waals surface area contributed by atoms with Crippen molar-refractivity contribution in [2.75, 3.05) is 19.8 Å². The quantitative estimate of drug-likeness (QED) is 0.508. The van der Waals surface area contributed by atoms with Gasteiger partial charge in [0, 0.05) is 31.9 Å². The molecule has 1 aromatic rings. The lowest BCUT2D eigenvalue weighted by Crippen LogP contribution is -2.35. The Labute approximate surface area is 94.9 Å². The molecule has 0 bridgehead atoms. The summed E-state index contributed by atoms with van der Waals surface area (Å²) < 4.78 is 26.2. The van der Waals surface area contributed by atoms with Gasteiger partial charge in [-0.05, 0) is 18.2 Å². The van der Waals surface area contributed by atoms with Crippen LogP contribution in [-0.4, -0.2) is 31.9 Å². The number of hydrogen-bond acceptors (Lipinski definition) is 4. The van der Waals surface area contributed by atoms with E-state index in [2.05, 4.69) is 4.72 Å². The SMILES string of the molecule is CN(C)S(=O)(=O)NCc1cc(N)ccc1O. The summed E-state index contributed by atoms with van der Waals surface area (Å²) in [5.74, 6) is 0.00987. The average Bonchev–Trinajstić information content (AvgIpc) is 2.19. The summed E-state index contributed by atoms with van der Waals surface area (Å²) in [4.78, 5) is 0. The number of phenols is 1. The van der Waals surface area contributed by atoms with Crippen LogP contribution in [0.2, 0.25) is 0 Å². The van der Waals surface area contributed by atoms with Gasteiger partial charge in [-0.1, -0.05) is 0 Å². The molecule has 0 spiro atoms. The van der Waals surface area contributed by atoms with Crippen molar-refractivity contribution in [2.45, 2.75) is 6.54 Å². The van der Waals surface area contributed by atoms with E-state index in [1.54, 1.807) is 6.07 Å². The maximum atomic E-state index is 11.4. The second-order valence-corrected chi connectivity index (χ2v) is 5.47. The van der Waals surface area contributed by atoms with Crippen molar-refractivity contribution in [3.05, 3.63) is 23.8 Å². The highest BCUT2D eigenvalue weighted by Gasteiger charge is 2.13. The largest absolute Gasteiger partial charge is 0.508 e. The fraction of sp³-hybridized carbons (Fsp3) is 0.333. The fourth-order valence-corrected chi connectivity index (χ4v) is 1.64. The fourth-order valence-electron chi connectivity index (χ4n) is 1.05. The van der Waals surface area contributed by atoms with E-state index < -0.39 is 10.2 Å². The Balaban J connectivity index is 2.79. The maximum absolute atomic E-state index is 11.4. The first-order valence-corrected chi connectivity index (χ1v) is 6.01. The number of nitrogen functional groups attached to an aromatic ring is 1. The minimum Gasteiger partial charge on any atom is -0.508 e. The molecule has 0 heterocycles. The molecule has 16 heavy (non-hydrogen) atoms. The van der Waals surface area contributed by atoms with E-state index in [-0.39, 0.29) is 12.3 Å². The Bertz CT molecular complexity index is 471. The lowest BCUT2D eigenvalue weighted by Gasteiger charge is -2.13. The molecular weight excluding hydrogens is 230 g/mol. The summed E-state index contributed by atoms with van der Waals surface area (Å²) >= 11 is 0. The Morgan fingerprint density at radius 1 is 1.44 bits per heavy atom. The van der Waals surface area contributed by atoms with Crippen molar-refractivity contribution < 1.29 is 13.5 Å². The van der Waals surface area contributed by atoms with Crippen molar-refractivity contribution >= 4 is 15.9 Å². The molecule has 0 fully saturated rings. The molecule has 0 aliphatic rings. The summed E-state index contributed by atoms with van der Waals surface area (Å²) in [7, 11) is -0.658. The highest BCUT2D eigenvalue weighted by molar-refractivity contribution is 7.87. The lowest BCUT2D eigenvalue weighted by molar-refractivity contribution is 0.465. The highest BCUT2D eigenvalue weighted by atomic mass is 32.2. The molecule has 4 N–H and O–H groups in total. The minimum absolute atomic E-state index is 0.00259. The van der Waals surface area contributed by atoms with Gasteiger partial charge in [0.1, 0.15) is 5.75 Å². The number of anilines is 1. The summed E-state index contributed by atoms with van der Waals surface area (Å²) in [5, 5.41) is 9.47. The molecule has 0 radical (unpaired) electrons. The Morgan fingerprint density at radius 3 is 2.62 bits per heavy atom. The van der Waals surface area contributed by atoms with Crippen LogP contribution in [-0.2, 0) is 16.8 Å². The first kappa shape index (κ1) is 12.8. The van der Waals surface area contributed by atoms with Gasteiger partial charge in [-0.3, -0.25) is 0 Å². The molecule has 6 nitrogen and oxygen atoms in total. The standard InChI is InChI=1S/C9H15N3O3S/c1-12(2)16(14,15)11-6-7-5-8(10)3-4-9(7)13/h3-5,11,13H,6,10H2,1-2H3. The molecular formula is C9H15N3O3S. The molecule has 90 valence electrons. The topological polar surface area (TPSA) is 95.7 Å². The average molecular weight is 245 g/mol. The Kier molecular flexibility index (Phi) is 3.74. The minimum atomic E-state index is -3.49. The Hall–Kier alpha value is -1.31. The monoisotopic (exact) mass is 245 g/mol. The van der Waals surface area contributed by atoms with Crippen LogP contribution in [0.3, 0.4) is 0 Å². The van der Waals surface area contributed by atoms with E-state index in [0.29, 0.717) is 11.3 Å². The van der Waals surface area contributed by atoms with Crippen molar-refractivity contribution in [2.24, 2.45) is 0 Å². The summed E-state index contributed by atoms with van der Waals surface area (Å²) in [6.07, 6.45) is 0. The lowest BCUT2D eigenvalue weighted by atomic mass is 10.2. The zero-order chi connectivity index (χ0) is 12.3. The van der Waals surface area contributed by atoms with Gasteiger partial charge in [0.05, 0.1) is 0 Å². The van der Waals surface area contributed by atoms with Crippen molar-refractivity contribution in [1.82, 2.24) is 9.03 Å². The number of rotatable bonds is 4. The molecule has 0 aromatic heterocycles. The second kappa shape index (κ2) is 4.69. The van der Waals surface area contributed by atoms with E-state index in [1.807, 2.05) is 0 Å². The molecule has 0 aliphatic carbocycles. The van der Waals surface area contributed by atoms with Gasteiger partial charge in [-0.2, -0.15) is 17.4 Å². The van der Waals surface area contributed by atoms with Gasteiger partial charge in [0.2, 0.25) is 0 Å². The van der Waals surface area contributed by atoms with Crippen LogP contribution >= 0.6 is 0 Å². The molecule has 7 heteroatoms. The molecule has 1 rings (SSSR count). The van der Waals surface area contributed by atoms with Gasteiger partial charge in [0.25, 0.3) is 10.2 Å². The number of nitrogens with two attached hydrogens (primary N) is 1. The van der Waals surface area contributed by atoms with Crippen LogP contribution in [0.5, 0.6) is 5.75 Å². The summed E-state index contributed by atoms with van der Waals surface area (Å²) in [5.41, 5.74) is 6.43. The molecule has 0 atom stereocenters. The van der Waals surface area contributed by atoms with Crippen LogP contribution in [0.1, 0.15) is 5.56 Å². The van der Waals surface area contributed by atoms with Gasteiger partial charge in [0.15, 0.2) is 0 Å². The highest BCUT2D eigenvalue weighted by Crippen LogP contribution is 2.19. The second-order valence-electron chi connectivity index (χ2n) is 3.50. The van der Waals surface area contributed by atoms with Gasteiger partial charge < -0.3 is 10.8 Å². The summed E-state index contributed by atoms with van der Waals surface area (Å²) in [6, 6.07) is 4.49. The van der Waals surface area contributed by atoms with Gasteiger partial charge >= 0.3 is 0 Å². The third-order valence-electron chi connectivity index (χ3n) is 2.03. The number of nitrogens with zero attached hydrogens (tertiary/aromatic N) is 1. The molecule has 0 saturated carbocycles. The van der Waals surface area contributed by atoms with E-state index in [4.69, 9.17) is 5.73 Å². The number of benzene rings is 1. The van der Waals surface area contributed by atoms with Crippen molar-refractivity contribution in [1.29, 1.82) is 0 Å². The zero-order valence-electron chi connectivity index (χ0n) is 9.14. The number of aromatic hydroxyl groups is 1. The number of nitrogens with one attached hydrogen (secondary N) is 1. The van der Waals surface area contributed by atoms with Crippen LogP contribution in [0, 0.1) is 0 Å². The predicted molar refractivity (Wildman–Crippen MR) is 62.0 cm³/mol. The van der Waals surface area contributed by atoms with Crippen LogP contribution < -0.4 is 10.5 Å². The number of phenolic OH excluding ortho intramolecular Hbond substituents is 1. The third kappa shape index (κ3) is 3.09. The maximum Gasteiger partial charge on any atom is 0.279 e. The molecule has 0 saturated heterocycles. The van der Waals surface area contributed by atoms with Crippen LogP contribution in [0.4, 0.5) is 5.69 Å². The normalized spacial score (nSPS) is 11.9. The smallest absolute Gasteiger partial charge is 0.279 e. The van der Waals surface area contributed by atoms with Crippen LogP contribution in [0.25, 0.3) is 0 Å². The van der Waals surface area contributed by atoms with E-state index in [1.165, 1.54) is 26.2 Å². The van der Waals surface area contributed by atoms with E-state index >= 15 is 0 Å². The van der Waals surface area contributed by atoms with Crippen molar-refractivity contribution in [3.8, 4) is 5.75 Å². The van der Waals surface area contributed by atoms with E-state index in [9.17, 15) is 13.5 Å². The molecule has 0 aliphatic heterocycles. The number of hydrogen-bond donors (Lipinski definition) is 3. The van der Waals surface area contributed by atoms with Gasteiger partial charge in [-0.25, -0.2) is 0 Å².